The number of halogens is 1. The Morgan fingerprint density at radius 2 is 1.96 bits per heavy atom. The first-order valence-corrected chi connectivity index (χ1v) is 8.74. The summed E-state index contributed by atoms with van der Waals surface area (Å²) in [6.07, 6.45) is 1.52. The zero-order valence-corrected chi connectivity index (χ0v) is 15.4. The van der Waals surface area contributed by atoms with Gasteiger partial charge in [0.05, 0.1) is 11.6 Å². The van der Waals surface area contributed by atoms with Crippen LogP contribution in [-0.2, 0) is 10.6 Å². The highest BCUT2D eigenvalue weighted by Gasteiger charge is 2.31. The quantitative estimate of drug-likeness (QED) is 0.785. The minimum Gasteiger partial charge on any atom is -0.444 e. The van der Waals surface area contributed by atoms with Gasteiger partial charge in [-0.2, -0.15) is 0 Å². The van der Waals surface area contributed by atoms with Crippen LogP contribution in [0, 0.1) is 0 Å². The highest BCUT2D eigenvalue weighted by molar-refractivity contribution is 6.16. The molecule has 0 aliphatic carbocycles. The van der Waals surface area contributed by atoms with Crippen molar-refractivity contribution in [2.24, 2.45) is 0 Å². The molecule has 1 amide bonds. The highest BCUT2D eigenvalue weighted by Crippen LogP contribution is 2.32. The molecule has 1 aliphatic rings. The number of aromatic nitrogens is 3. The van der Waals surface area contributed by atoms with Gasteiger partial charge >= 0.3 is 6.09 Å². The van der Waals surface area contributed by atoms with Crippen molar-refractivity contribution in [2.75, 3.05) is 13.1 Å². The first-order chi connectivity index (χ1) is 10.7. The lowest BCUT2D eigenvalue weighted by atomic mass is 9.92. The lowest BCUT2D eigenvalue weighted by Gasteiger charge is -2.34. The fourth-order valence-corrected chi connectivity index (χ4v) is 3.09. The Morgan fingerprint density at radius 1 is 1.35 bits per heavy atom. The number of hydrogen-bond donors (Lipinski definition) is 0. The van der Waals surface area contributed by atoms with Crippen LogP contribution in [0.1, 0.15) is 70.8 Å². The Labute approximate surface area is 143 Å². The van der Waals surface area contributed by atoms with Crippen molar-refractivity contribution in [1.29, 1.82) is 0 Å². The number of carbonyl (C=O) groups is 1. The Hall–Kier alpha value is -1.30. The lowest BCUT2D eigenvalue weighted by molar-refractivity contribution is 0.0203. The first-order valence-electron chi connectivity index (χ1n) is 8.20. The number of likely N-dealkylation sites (tertiary alicyclic amines) is 1. The third-order valence-corrected chi connectivity index (χ3v) is 4.21. The average Bonchev–Trinajstić information content (AvgIpc) is 2.89. The van der Waals surface area contributed by atoms with Gasteiger partial charge in [0.1, 0.15) is 11.3 Å². The van der Waals surface area contributed by atoms with E-state index in [-0.39, 0.29) is 12.1 Å². The van der Waals surface area contributed by atoms with Crippen molar-refractivity contribution in [3.63, 3.8) is 0 Å². The molecule has 1 fully saturated rings. The van der Waals surface area contributed by atoms with E-state index < -0.39 is 5.60 Å². The van der Waals surface area contributed by atoms with Gasteiger partial charge in [-0.1, -0.05) is 5.21 Å². The number of ether oxygens (including phenoxy) is 1. The second-order valence-corrected chi connectivity index (χ2v) is 7.60. The maximum atomic E-state index is 12.2. The molecule has 23 heavy (non-hydrogen) atoms. The SMILES string of the molecule is CC(C)n1nnc(CCl)c1C1CCN(C(=O)OC(C)(C)C)CC1. The number of hydrogen-bond acceptors (Lipinski definition) is 4. The van der Waals surface area contributed by atoms with Gasteiger partial charge < -0.3 is 9.64 Å². The van der Waals surface area contributed by atoms with Gasteiger partial charge in [0, 0.05) is 25.0 Å². The molecule has 0 unspecified atom stereocenters. The largest absolute Gasteiger partial charge is 0.444 e. The van der Waals surface area contributed by atoms with Crippen molar-refractivity contribution >= 4 is 17.7 Å². The Bertz CT molecular complexity index is 543. The summed E-state index contributed by atoms with van der Waals surface area (Å²) >= 11 is 6.02. The van der Waals surface area contributed by atoms with E-state index in [4.69, 9.17) is 16.3 Å². The molecule has 1 aromatic rings. The molecule has 0 saturated carbocycles. The third kappa shape index (κ3) is 4.37. The van der Waals surface area contributed by atoms with Gasteiger partial charge in [-0.3, -0.25) is 0 Å². The van der Waals surface area contributed by atoms with Gasteiger partial charge in [0.2, 0.25) is 0 Å². The van der Waals surface area contributed by atoms with E-state index in [1.807, 2.05) is 25.5 Å². The van der Waals surface area contributed by atoms with Crippen LogP contribution in [0.5, 0.6) is 0 Å². The molecule has 0 aromatic carbocycles. The molecule has 6 nitrogen and oxygen atoms in total. The molecule has 2 rings (SSSR count). The molecule has 0 bridgehead atoms. The molecule has 0 spiro atoms. The average molecular weight is 343 g/mol. The van der Waals surface area contributed by atoms with Crippen LogP contribution < -0.4 is 0 Å². The van der Waals surface area contributed by atoms with Crippen molar-refractivity contribution < 1.29 is 9.53 Å². The summed E-state index contributed by atoms with van der Waals surface area (Å²) in [6, 6.07) is 0.248. The van der Waals surface area contributed by atoms with E-state index in [0.29, 0.717) is 24.9 Å². The van der Waals surface area contributed by atoms with Crippen LogP contribution >= 0.6 is 11.6 Å². The number of carbonyl (C=O) groups excluding carboxylic acids is 1. The van der Waals surface area contributed by atoms with E-state index in [9.17, 15) is 4.79 Å². The number of alkyl halides is 1. The molecule has 1 aliphatic heterocycles. The zero-order chi connectivity index (χ0) is 17.2. The number of rotatable bonds is 3. The monoisotopic (exact) mass is 342 g/mol. The van der Waals surface area contributed by atoms with Gasteiger partial charge in [-0.25, -0.2) is 9.48 Å². The van der Waals surface area contributed by atoms with Gasteiger partial charge in [-0.15, -0.1) is 16.7 Å². The predicted octanol–water partition coefficient (Wildman–Crippen LogP) is 3.71. The Kier molecular flexibility index (Phi) is 5.55. The van der Waals surface area contributed by atoms with Crippen molar-refractivity contribution in [1.82, 2.24) is 19.9 Å². The molecular weight excluding hydrogens is 316 g/mol. The minimum atomic E-state index is -0.458. The fourth-order valence-electron chi connectivity index (χ4n) is 2.90. The smallest absolute Gasteiger partial charge is 0.410 e. The standard InChI is InChI=1S/C16H27ClN4O2/c1-11(2)21-14(13(10-17)18-19-21)12-6-8-20(9-7-12)15(22)23-16(3,4)5/h11-12H,6-10H2,1-5H3. The summed E-state index contributed by atoms with van der Waals surface area (Å²) in [7, 11) is 0. The summed E-state index contributed by atoms with van der Waals surface area (Å²) in [5, 5.41) is 8.45. The van der Waals surface area contributed by atoms with Crippen LogP contribution in [0.2, 0.25) is 0 Å². The summed E-state index contributed by atoms with van der Waals surface area (Å²) in [4.78, 5) is 13.9. The highest BCUT2D eigenvalue weighted by atomic mass is 35.5. The van der Waals surface area contributed by atoms with E-state index >= 15 is 0 Å². The molecule has 130 valence electrons. The molecule has 0 atom stereocenters. The normalized spacial score (nSPS) is 16.9. The maximum Gasteiger partial charge on any atom is 0.410 e. The molecule has 2 heterocycles. The second kappa shape index (κ2) is 7.07. The van der Waals surface area contributed by atoms with Crippen LogP contribution in [0.15, 0.2) is 0 Å². The molecule has 0 radical (unpaired) electrons. The molecule has 1 aromatic heterocycles. The number of nitrogens with zero attached hydrogens (tertiary/aromatic N) is 4. The van der Waals surface area contributed by atoms with Gasteiger partial charge in [-0.05, 0) is 47.5 Å². The lowest BCUT2D eigenvalue weighted by Crippen LogP contribution is -2.41. The van der Waals surface area contributed by atoms with Crippen molar-refractivity contribution in [2.45, 2.75) is 70.9 Å². The molecule has 0 N–H and O–H groups in total. The van der Waals surface area contributed by atoms with E-state index in [0.717, 1.165) is 24.2 Å². The maximum absolute atomic E-state index is 12.2. The van der Waals surface area contributed by atoms with Crippen molar-refractivity contribution in [3.05, 3.63) is 11.4 Å². The van der Waals surface area contributed by atoms with E-state index in [2.05, 4.69) is 24.2 Å². The van der Waals surface area contributed by atoms with Crippen LogP contribution in [0.25, 0.3) is 0 Å². The molecule has 1 saturated heterocycles. The van der Waals surface area contributed by atoms with Crippen LogP contribution in [0.3, 0.4) is 0 Å². The predicted molar refractivity (Wildman–Crippen MR) is 89.7 cm³/mol. The second-order valence-electron chi connectivity index (χ2n) is 7.33. The fraction of sp³-hybridized carbons (Fsp3) is 0.812. The molecule has 7 heteroatoms. The Balaban J connectivity index is 2.05. The van der Waals surface area contributed by atoms with Crippen LogP contribution in [0.4, 0.5) is 4.79 Å². The van der Waals surface area contributed by atoms with E-state index in [1.54, 1.807) is 4.90 Å². The minimum absolute atomic E-state index is 0.232. The Morgan fingerprint density at radius 3 is 2.43 bits per heavy atom. The third-order valence-electron chi connectivity index (χ3n) is 3.95. The zero-order valence-electron chi connectivity index (χ0n) is 14.7. The topological polar surface area (TPSA) is 60.2 Å². The van der Waals surface area contributed by atoms with Gasteiger partial charge in [0.15, 0.2) is 0 Å². The first kappa shape index (κ1) is 18.0. The summed E-state index contributed by atoms with van der Waals surface area (Å²) in [5.74, 6) is 0.703. The summed E-state index contributed by atoms with van der Waals surface area (Å²) in [6.45, 7) is 11.2. The van der Waals surface area contributed by atoms with Gasteiger partial charge in [0.25, 0.3) is 0 Å². The van der Waals surface area contributed by atoms with E-state index in [1.165, 1.54) is 0 Å². The van der Waals surface area contributed by atoms with Crippen molar-refractivity contribution in [3.8, 4) is 0 Å². The number of piperidine rings is 1. The van der Waals surface area contributed by atoms with Crippen LogP contribution in [-0.4, -0.2) is 44.7 Å². The number of amides is 1. The summed E-state index contributed by atoms with van der Waals surface area (Å²) in [5.41, 5.74) is 1.52. The molecular formula is C16H27ClN4O2. The summed E-state index contributed by atoms with van der Waals surface area (Å²) < 4.78 is 7.41.